The van der Waals surface area contributed by atoms with Crippen LogP contribution in [0.2, 0.25) is 0 Å². The normalized spacial score (nSPS) is 12.5. The maximum absolute atomic E-state index is 13.5. The van der Waals surface area contributed by atoms with Gasteiger partial charge in [-0.1, -0.05) is 60.7 Å². The molecular formula is C36H50N4O10. The van der Waals surface area contributed by atoms with Gasteiger partial charge in [-0.2, -0.15) is 0 Å². The topological polar surface area (TPSA) is 171 Å². The maximum atomic E-state index is 13.5. The molecule has 0 fully saturated rings. The molecule has 0 saturated heterocycles. The molecule has 274 valence electrons. The Kier molecular flexibility index (Phi) is 15.2. The van der Waals surface area contributed by atoms with E-state index in [0.717, 1.165) is 16.0 Å². The molecule has 2 rings (SSSR count). The van der Waals surface area contributed by atoms with Crippen LogP contribution in [-0.2, 0) is 41.7 Å². The van der Waals surface area contributed by atoms with Crippen molar-refractivity contribution in [2.45, 2.75) is 111 Å². The van der Waals surface area contributed by atoms with E-state index in [1.165, 1.54) is 0 Å². The monoisotopic (exact) mass is 698 g/mol. The molecule has 14 heteroatoms. The van der Waals surface area contributed by atoms with Crippen LogP contribution in [-0.4, -0.2) is 70.6 Å². The highest BCUT2D eigenvalue weighted by atomic mass is 16.6. The lowest BCUT2D eigenvalue weighted by Crippen LogP contribution is -2.51. The van der Waals surface area contributed by atoms with E-state index < -0.39 is 59.1 Å². The minimum Gasteiger partial charge on any atom is -0.459 e. The summed E-state index contributed by atoms with van der Waals surface area (Å²) in [5, 5.41) is 4.90. The lowest BCUT2D eigenvalue weighted by atomic mass is 10.1. The summed E-state index contributed by atoms with van der Waals surface area (Å²) in [6.45, 7) is 14.4. The average Bonchev–Trinajstić information content (AvgIpc) is 2.98. The van der Waals surface area contributed by atoms with Crippen LogP contribution in [0.3, 0.4) is 0 Å². The Bertz CT molecular complexity index is 1460. The first-order valence-electron chi connectivity index (χ1n) is 16.2. The van der Waals surface area contributed by atoms with Crippen molar-refractivity contribution in [3.8, 4) is 0 Å². The van der Waals surface area contributed by atoms with Crippen molar-refractivity contribution in [2.75, 3.05) is 6.54 Å². The third kappa shape index (κ3) is 17.3. The van der Waals surface area contributed by atoms with Crippen molar-refractivity contribution in [3.63, 3.8) is 0 Å². The van der Waals surface area contributed by atoms with Gasteiger partial charge >= 0.3 is 30.3 Å². The molecule has 0 aliphatic heterocycles. The van der Waals surface area contributed by atoms with Crippen LogP contribution in [0, 0.1) is 0 Å². The second-order valence-corrected chi connectivity index (χ2v) is 14.2. The molecule has 2 aromatic carbocycles. The van der Waals surface area contributed by atoms with Gasteiger partial charge in [0.2, 0.25) is 5.96 Å². The largest absolute Gasteiger partial charge is 0.459 e. The molecule has 4 amide bonds. The van der Waals surface area contributed by atoms with Gasteiger partial charge in [0.25, 0.3) is 0 Å². The number of carbonyl (C=O) groups excluding carboxylic acids is 5. The van der Waals surface area contributed by atoms with Crippen LogP contribution < -0.4 is 10.6 Å². The highest BCUT2D eigenvalue weighted by molar-refractivity contribution is 6.05. The van der Waals surface area contributed by atoms with Crippen molar-refractivity contribution in [1.82, 2.24) is 15.5 Å². The fourth-order valence-corrected chi connectivity index (χ4v) is 3.96. The van der Waals surface area contributed by atoms with E-state index in [-0.39, 0.29) is 32.6 Å². The first-order chi connectivity index (χ1) is 23.2. The second kappa shape index (κ2) is 18.6. The number of alkyl carbamates (subject to hydrolysis) is 2. The summed E-state index contributed by atoms with van der Waals surface area (Å²) in [6.07, 6.45) is -3.96. The molecule has 0 aliphatic carbocycles. The van der Waals surface area contributed by atoms with Crippen molar-refractivity contribution >= 4 is 36.3 Å². The van der Waals surface area contributed by atoms with Gasteiger partial charge in [0.15, 0.2) is 0 Å². The lowest BCUT2D eigenvalue weighted by molar-refractivity contribution is -0.147. The summed E-state index contributed by atoms with van der Waals surface area (Å²) >= 11 is 0. The Morgan fingerprint density at radius 1 is 0.680 bits per heavy atom. The van der Waals surface area contributed by atoms with Gasteiger partial charge in [-0.05, 0) is 86.3 Å². The van der Waals surface area contributed by atoms with Gasteiger partial charge in [0, 0.05) is 6.54 Å². The predicted octanol–water partition coefficient (Wildman–Crippen LogP) is 6.86. The molecule has 0 saturated carbocycles. The van der Waals surface area contributed by atoms with Crippen molar-refractivity contribution < 1.29 is 47.7 Å². The van der Waals surface area contributed by atoms with Gasteiger partial charge in [0.05, 0.1) is 0 Å². The summed E-state index contributed by atoms with van der Waals surface area (Å²) in [6, 6.07) is 16.8. The SMILES string of the molecule is CC(C)(C)OC(=O)/N=C(/NC(=O)OC(C)(C)C)N(CCC[C@H](NC(=O)OCc1ccccc1)C(=O)OCc1ccccc1)C(=O)OC(C)(C)C. The highest BCUT2D eigenvalue weighted by Gasteiger charge is 2.31. The molecule has 1 atom stereocenters. The number of amides is 4. The summed E-state index contributed by atoms with van der Waals surface area (Å²) in [5.41, 5.74) is -1.37. The number of ether oxygens (including phenoxy) is 5. The number of hydrogen-bond donors (Lipinski definition) is 2. The quantitative estimate of drug-likeness (QED) is 0.116. The number of rotatable bonds is 10. The minimum atomic E-state index is -1.20. The standard InChI is InChI=1S/C36H50N4O10/c1-34(2,3)48-31(43)38-29(39-32(44)49-35(4,5)6)40(33(45)50-36(7,8)9)22-16-21-27(28(41)46-23-25-17-12-10-13-18-25)37-30(42)47-24-26-19-14-11-15-20-26/h10-15,17-20,27H,16,21-24H2,1-9H3,(H,37,42)(H,38,39,43,44)/t27-/m0/s1. The Hall–Kier alpha value is -5.14. The Labute approximate surface area is 293 Å². The Morgan fingerprint density at radius 3 is 1.68 bits per heavy atom. The van der Waals surface area contributed by atoms with Gasteiger partial charge < -0.3 is 29.0 Å². The Balaban J connectivity index is 2.34. The average molecular weight is 699 g/mol. The van der Waals surface area contributed by atoms with E-state index in [9.17, 15) is 24.0 Å². The van der Waals surface area contributed by atoms with E-state index in [2.05, 4.69) is 15.6 Å². The lowest BCUT2D eigenvalue weighted by Gasteiger charge is -2.29. The number of aliphatic imine (C=N–C) groups is 1. The van der Waals surface area contributed by atoms with E-state index in [4.69, 9.17) is 23.7 Å². The number of esters is 1. The number of guanidine groups is 1. The molecule has 2 N–H and O–H groups in total. The van der Waals surface area contributed by atoms with Gasteiger partial charge in [-0.25, -0.2) is 28.9 Å². The molecule has 14 nitrogen and oxygen atoms in total. The third-order valence-corrected chi connectivity index (χ3v) is 5.96. The zero-order chi connectivity index (χ0) is 37.5. The predicted molar refractivity (Wildman–Crippen MR) is 185 cm³/mol. The van der Waals surface area contributed by atoms with Crippen molar-refractivity contribution in [2.24, 2.45) is 4.99 Å². The third-order valence-electron chi connectivity index (χ3n) is 5.96. The maximum Gasteiger partial charge on any atom is 0.437 e. The van der Waals surface area contributed by atoms with Gasteiger partial charge in [-0.3, -0.25) is 5.32 Å². The zero-order valence-electron chi connectivity index (χ0n) is 30.4. The summed E-state index contributed by atoms with van der Waals surface area (Å²) in [4.78, 5) is 69.9. The van der Waals surface area contributed by atoms with Crippen LogP contribution in [0.4, 0.5) is 19.2 Å². The molecule has 0 aromatic heterocycles. The fourth-order valence-electron chi connectivity index (χ4n) is 3.96. The molecule has 50 heavy (non-hydrogen) atoms. The number of nitrogens with zero attached hydrogens (tertiary/aromatic N) is 2. The fraction of sp³-hybridized carbons (Fsp3) is 0.500. The molecule has 0 radical (unpaired) electrons. The first kappa shape index (κ1) is 41.0. The summed E-state index contributed by atoms with van der Waals surface area (Å²) in [5.74, 6) is -1.27. The molecule has 0 heterocycles. The summed E-state index contributed by atoms with van der Waals surface area (Å²) < 4.78 is 27.0. The van der Waals surface area contributed by atoms with Crippen LogP contribution in [0.15, 0.2) is 65.7 Å². The zero-order valence-corrected chi connectivity index (χ0v) is 30.4. The molecule has 0 aliphatic rings. The van der Waals surface area contributed by atoms with E-state index >= 15 is 0 Å². The number of nitrogens with one attached hydrogen (secondary N) is 2. The van der Waals surface area contributed by atoms with Gasteiger partial charge in [-0.15, -0.1) is 4.99 Å². The van der Waals surface area contributed by atoms with Gasteiger partial charge in [0.1, 0.15) is 36.1 Å². The van der Waals surface area contributed by atoms with Crippen LogP contribution in [0.1, 0.15) is 86.3 Å². The smallest absolute Gasteiger partial charge is 0.437 e. The van der Waals surface area contributed by atoms with Crippen molar-refractivity contribution in [3.05, 3.63) is 71.8 Å². The van der Waals surface area contributed by atoms with E-state index in [1.807, 2.05) is 12.1 Å². The van der Waals surface area contributed by atoms with Crippen LogP contribution in [0.5, 0.6) is 0 Å². The number of benzene rings is 2. The number of carbonyl (C=O) groups is 5. The first-order valence-corrected chi connectivity index (χ1v) is 16.2. The molecule has 0 unspecified atom stereocenters. The molecule has 0 bridgehead atoms. The van der Waals surface area contributed by atoms with Crippen molar-refractivity contribution in [1.29, 1.82) is 0 Å². The van der Waals surface area contributed by atoms with Crippen LogP contribution >= 0.6 is 0 Å². The number of hydrogen-bond acceptors (Lipinski definition) is 10. The second-order valence-electron chi connectivity index (χ2n) is 14.2. The van der Waals surface area contributed by atoms with E-state index in [1.54, 1.807) is 111 Å². The summed E-state index contributed by atoms with van der Waals surface area (Å²) in [7, 11) is 0. The molecular weight excluding hydrogens is 648 g/mol. The highest BCUT2D eigenvalue weighted by Crippen LogP contribution is 2.15. The van der Waals surface area contributed by atoms with Crippen LogP contribution in [0.25, 0.3) is 0 Å². The minimum absolute atomic E-state index is 0.0205. The van der Waals surface area contributed by atoms with E-state index in [0.29, 0.717) is 0 Å². The molecule has 2 aromatic rings. The Morgan fingerprint density at radius 2 is 1.18 bits per heavy atom. The molecule has 0 spiro atoms.